The molecule has 0 fully saturated rings. The van der Waals surface area contributed by atoms with E-state index in [-0.39, 0.29) is 5.92 Å². The van der Waals surface area contributed by atoms with E-state index in [1.807, 2.05) is 32.0 Å². The Morgan fingerprint density at radius 2 is 2.24 bits per heavy atom. The molecule has 1 aromatic carbocycles. The molecule has 17 heavy (non-hydrogen) atoms. The monoisotopic (exact) mass is 295 g/mol. The molecule has 2 aromatic rings. The van der Waals surface area contributed by atoms with Crippen LogP contribution in [0.2, 0.25) is 0 Å². The molecule has 0 aliphatic rings. The molecule has 0 saturated carbocycles. The Morgan fingerprint density at radius 1 is 1.47 bits per heavy atom. The summed E-state index contributed by atoms with van der Waals surface area (Å²) in [4.78, 5) is 4.37. The Morgan fingerprint density at radius 3 is 2.94 bits per heavy atom. The normalized spacial score (nSPS) is 12.7. The smallest absolute Gasteiger partial charge is 0.258 e. The summed E-state index contributed by atoms with van der Waals surface area (Å²) in [7, 11) is 0. The number of hydrogen-bond acceptors (Lipinski definition) is 4. The predicted molar refractivity (Wildman–Crippen MR) is 69.6 cm³/mol. The molecule has 0 spiro atoms. The quantitative estimate of drug-likeness (QED) is 0.946. The topological polar surface area (TPSA) is 64.9 Å². The lowest BCUT2D eigenvalue weighted by Crippen LogP contribution is -2.10. The van der Waals surface area contributed by atoms with Gasteiger partial charge >= 0.3 is 0 Å². The lowest BCUT2D eigenvalue weighted by Gasteiger charge is -2.01. The molecule has 2 rings (SSSR count). The van der Waals surface area contributed by atoms with Gasteiger partial charge in [-0.1, -0.05) is 34.1 Å². The Bertz CT molecular complexity index is 524. The second-order valence-electron chi connectivity index (χ2n) is 4.05. The van der Waals surface area contributed by atoms with Gasteiger partial charge in [0, 0.05) is 22.5 Å². The molecule has 1 atom stereocenters. The van der Waals surface area contributed by atoms with Gasteiger partial charge in [0.2, 0.25) is 0 Å². The molecule has 5 heteroatoms. The van der Waals surface area contributed by atoms with Crippen molar-refractivity contribution in [3.05, 3.63) is 34.1 Å². The maximum atomic E-state index is 5.58. The van der Waals surface area contributed by atoms with Crippen LogP contribution in [0.1, 0.15) is 24.2 Å². The van der Waals surface area contributed by atoms with Gasteiger partial charge < -0.3 is 10.3 Å². The van der Waals surface area contributed by atoms with Crippen molar-refractivity contribution in [1.82, 2.24) is 10.1 Å². The Labute approximate surface area is 108 Å². The first-order valence-corrected chi connectivity index (χ1v) is 6.21. The van der Waals surface area contributed by atoms with Crippen molar-refractivity contribution in [1.29, 1.82) is 0 Å². The van der Waals surface area contributed by atoms with Crippen molar-refractivity contribution in [2.24, 2.45) is 5.73 Å². The summed E-state index contributed by atoms with van der Waals surface area (Å²) in [6.45, 7) is 4.50. The minimum atomic E-state index is 0.111. The minimum absolute atomic E-state index is 0.111. The molecule has 0 radical (unpaired) electrons. The third-order valence-corrected chi connectivity index (χ3v) is 3.16. The zero-order valence-corrected chi connectivity index (χ0v) is 11.4. The van der Waals surface area contributed by atoms with E-state index < -0.39 is 0 Å². The summed E-state index contributed by atoms with van der Waals surface area (Å²) < 4.78 is 6.26. The maximum absolute atomic E-state index is 5.58. The van der Waals surface area contributed by atoms with Gasteiger partial charge in [0.15, 0.2) is 5.82 Å². The van der Waals surface area contributed by atoms with Crippen LogP contribution >= 0.6 is 15.9 Å². The number of halogens is 1. The van der Waals surface area contributed by atoms with Gasteiger partial charge in [0.25, 0.3) is 5.89 Å². The van der Waals surface area contributed by atoms with Gasteiger partial charge in [0.05, 0.1) is 0 Å². The number of nitrogens with zero attached hydrogens (tertiary/aromatic N) is 2. The molecule has 0 bridgehead atoms. The van der Waals surface area contributed by atoms with Gasteiger partial charge in [0.1, 0.15) is 0 Å². The fourth-order valence-corrected chi connectivity index (χ4v) is 1.84. The molecule has 1 unspecified atom stereocenters. The minimum Gasteiger partial charge on any atom is -0.334 e. The molecular weight excluding hydrogens is 282 g/mol. The highest BCUT2D eigenvalue weighted by Crippen LogP contribution is 2.26. The summed E-state index contributed by atoms with van der Waals surface area (Å²) in [6, 6.07) is 5.97. The van der Waals surface area contributed by atoms with Crippen molar-refractivity contribution in [3.63, 3.8) is 0 Å². The summed E-state index contributed by atoms with van der Waals surface area (Å²) in [5, 5.41) is 3.95. The van der Waals surface area contributed by atoms with Crippen molar-refractivity contribution < 1.29 is 4.52 Å². The Balaban J connectivity index is 2.40. The Kier molecular flexibility index (Phi) is 3.59. The number of aryl methyl sites for hydroxylation is 1. The molecule has 0 saturated heterocycles. The summed E-state index contributed by atoms with van der Waals surface area (Å²) in [5.74, 6) is 1.31. The molecule has 1 aromatic heterocycles. The first-order valence-electron chi connectivity index (χ1n) is 5.42. The fraction of sp³-hybridized carbons (Fsp3) is 0.333. The molecule has 1 heterocycles. The molecule has 90 valence electrons. The third kappa shape index (κ3) is 2.56. The van der Waals surface area contributed by atoms with Crippen LogP contribution in [0.15, 0.2) is 27.2 Å². The third-order valence-electron chi connectivity index (χ3n) is 2.67. The van der Waals surface area contributed by atoms with Crippen LogP contribution in [0.3, 0.4) is 0 Å². The van der Waals surface area contributed by atoms with E-state index in [9.17, 15) is 0 Å². The van der Waals surface area contributed by atoms with Gasteiger partial charge in [-0.25, -0.2) is 0 Å². The number of hydrogen-bond donors (Lipinski definition) is 1. The molecular formula is C12H14BrN3O. The van der Waals surface area contributed by atoms with Crippen molar-refractivity contribution in [3.8, 4) is 11.5 Å². The van der Waals surface area contributed by atoms with Crippen LogP contribution in [0.5, 0.6) is 0 Å². The molecule has 2 N–H and O–H groups in total. The number of rotatable bonds is 3. The van der Waals surface area contributed by atoms with E-state index in [0.29, 0.717) is 18.3 Å². The Hall–Kier alpha value is -1.20. The van der Waals surface area contributed by atoms with Crippen LogP contribution in [0.4, 0.5) is 0 Å². The number of aromatic nitrogens is 2. The highest BCUT2D eigenvalue weighted by Gasteiger charge is 2.15. The van der Waals surface area contributed by atoms with Crippen LogP contribution in [0.25, 0.3) is 11.5 Å². The van der Waals surface area contributed by atoms with E-state index in [2.05, 4.69) is 26.1 Å². The molecule has 0 aliphatic carbocycles. The summed E-state index contributed by atoms with van der Waals surface area (Å²) >= 11 is 3.43. The van der Waals surface area contributed by atoms with Gasteiger partial charge in [-0.3, -0.25) is 0 Å². The lowest BCUT2D eigenvalue weighted by molar-refractivity contribution is 0.417. The average Bonchev–Trinajstić information content (AvgIpc) is 2.80. The van der Waals surface area contributed by atoms with Gasteiger partial charge in [-0.05, 0) is 24.6 Å². The van der Waals surface area contributed by atoms with Crippen molar-refractivity contribution in [2.45, 2.75) is 19.8 Å². The van der Waals surface area contributed by atoms with E-state index in [0.717, 1.165) is 15.6 Å². The van der Waals surface area contributed by atoms with Gasteiger partial charge in [-0.2, -0.15) is 4.98 Å². The standard InChI is InChI=1S/C12H14BrN3O/c1-7-3-4-9(13)5-10(7)12-15-11(16-17-12)8(2)6-14/h3-5,8H,6,14H2,1-2H3. The fourth-order valence-electron chi connectivity index (χ4n) is 1.47. The maximum Gasteiger partial charge on any atom is 0.258 e. The first-order chi connectivity index (χ1) is 8.11. The highest BCUT2D eigenvalue weighted by molar-refractivity contribution is 9.10. The van der Waals surface area contributed by atoms with Crippen LogP contribution in [0, 0.1) is 6.92 Å². The second-order valence-corrected chi connectivity index (χ2v) is 4.97. The van der Waals surface area contributed by atoms with Crippen LogP contribution in [-0.2, 0) is 0 Å². The highest BCUT2D eigenvalue weighted by atomic mass is 79.9. The number of nitrogens with two attached hydrogens (primary N) is 1. The van der Waals surface area contributed by atoms with Gasteiger partial charge in [-0.15, -0.1) is 0 Å². The van der Waals surface area contributed by atoms with E-state index in [1.54, 1.807) is 0 Å². The number of benzene rings is 1. The van der Waals surface area contributed by atoms with E-state index >= 15 is 0 Å². The summed E-state index contributed by atoms with van der Waals surface area (Å²) in [5.41, 5.74) is 7.62. The van der Waals surface area contributed by atoms with Crippen LogP contribution < -0.4 is 5.73 Å². The lowest BCUT2D eigenvalue weighted by atomic mass is 10.1. The first kappa shape index (κ1) is 12.3. The predicted octanol–water partition coefficient (Wildman–Crippen LogP) is 2.87. The van der Waals surface area contributed by atoms with Crippen LogP contribution in [-0.4, -0.2) is 16.7 Å². The van der Waals surface area contributed by atoms with Crippen molar-refractivity contribution in [2.75, 3.05) is 6.54 Å². The zero-order chi connectivity index (χ0) is 12.4. The molecule has 4 nitrogen and oxygen atoms in total. The summed E-state index contributed by atoms with van der Waals surface area (Å²) in [6.07, 6.45) is 0. The van der Waals surface area contributed by atoms with Crippen molar-refractivity contribution >= 4 is 15.9 Å². The van der Waals surface area contributed by atoms with E-state index in [4.69, 9.17) is 10.3 Å². The average molecular weight is 296 g/mol. The SMILES string of the molecule is Cc1ccc(Br)cc1-c1nc(C(C)CN)no1. The second kappa shape index (κ2) is 4.98. The molecule has 0 aliphatic heterocycles. The molecule has 0 amide bonds. The zero-order valence-electron chi connectivity index (χ0n) is 9.77. The largest absolute Gasteiger partial charge is 0.334 e. The van der Waals surface area contributed by atoms with E-state index in [1.165, 1.54) is 0 Å².